The Bertz CT molecular complexity index is 361. The van der Waals surface area contributed by atoms with Crippen molar-refractivity contribution in [1.82, 2.24) is 0 Å². The lowest BCUT2D eigenvalue weighted by Gasteiger charge is -2.37. The van der Waals surface area contributed by atoms with Crippen LogP contribution in [0.3, 0.4) is 0 Å². The summed E-state index contributed by atoms with van der Waals surface area (Å²) < 4.78 is 5.51. The lowest BCUT2D eigenvalue weighted by Crippen LogP contribution is -2.37. The molecule has 3 heteroatoms. The summed E-state index contributed by atoms with van der Waals surface area (Å²) in [5.74, 6) is 0.797. The van der Waals surface area contributed by atoms with E-state index in [-0.39, 0.29) is 0 Å². The summed E-state index contributed by atoms with van der Waals surface area (Å²) in [6, 6.07) is 6.65. The number of nitrogens with zero attached hydrogens (tertiary/aromatic N) is 1. The molecule has 0 unspecified atom stereocenters. The van der Waals surface area contributed by atoms with Crippen LogP contribution in [0.2, 0.25) is 0 Å². The van der Waals surface area contributed by atoms with Crippen LogP contribution in [0, 0.1) is 0 Å². The molecule has 1 aromatic carbocycles. The van der Waals surface area contributed by atoms with Crippen molar-refractivity contribution in [2.24, 2.45) is 0 Å². The molecular formula is C13H20N2O. The van der Waals surface area contributed by atoms with E-state index in [1.807, 2.05) is 19.1 Å². The van der Waals surface area contributed by atoms with Gasteiger partial charge in [0.1, 0.15) is 5.75 Å². The van der Waals surface area contributed by atoms with Crippen LogP contribution in [-0.2, 0) is 0 Å². The van der Waals surface area contributed by atoms with E-state index in [1.54, 1.807) is 0 Å². The number of nitrogens with two attached hydrogens (primary N) is 1. The van der Waals surface area contributed by atoms with Crippen molar-refractivity contribution in [3.63, 3.8) is 0 Å². The number of anilines is 2. The highest BCUT2D eigenvalue weighted by Gasteiger charge is 2.24. The molecule has 1 aromatic rings. The van der Waals surface area contributed by atoms with Crippen LogP contribution >= 0.6 is 0 Å². The van der Waals surface area contributed by atoms with E-state index in [1.165, 1.54) is 19.3 Å². The summed E-state index contributed by atoms with van der Waals surface area (Å²) >= 11 is 0. The van der Waals surface area contributed by atoms with Gasteiger partial charge < -0.3 is 15.4 Å². The minimum Gasteiger partial charge on any atom is -0.492 e. The molecule has 16 heavy (non-hydrogen) atoms. The van der Waals surface area contributed by atoms with E-state index < -0.39 is 0 Å². The molecular weight excluding hydrogens is 200 g/mol. The molecule has 2 rings (SSSR count). The van der Waals surface area contributed by atoms with Gasteiger partial charge in [0.25, 0.3) is 0 Å². The van der Waals surface area contributed by atoms with Crippen LogP contribution in [0.5, 0.6) is 5.75 Å². The van der Waals surface area contributed by atoms with E-state index in [0.717, 1.165) is 17.1 Å². The number of para-hydroxylation sites is 1. The van der Waals surface area contributed by atoms with Gasteiger partial charge in [0, 0.05) is 13.1 Å². The lowest BCUT2D eigenvalue weighted by molar-refractivity contribution is 0.341. The average molecular weight is 220 g/mol. The molecule has 0 radical (unpaired) electrons. The minimum absolute atomic E-state index is 0.652. The molecule has 0 aliphatic heterocycles. The molecule has 1 aliphatic carbocycles. The minimum atomic E-state index is 0.652. The molecule has 1 aliphatic rings. The third-order valence-electron chi connectivity index (χ3n) is 3.35. The zero-order valence-electron chi connectivity index (χ0n) is 10.1. The maximum Gasteiger partial charge on any atom is 0.144 e. The first-order chi connectivity index (χ1) is 7.74. The summed E-state index contributed by atoms with van der Waals surface area (Å²) in [6.45, 7) is 2.63. The lowest BCUT2D eigenvalue weighted by atomic mass is 9.91. The standard InChI is InChI=1S/C13H20N2O/c1-3-16-12-9-5-8-11(13(12)14)15(2)10-6-4-7-10/h5,8-10H,3-4,6-7,14H2,1-2H3. The highest BCUT2D eigenvalue weighted by molar-refractivity contribution is 5.74. The zero-order valence-corrected chi connectivity index (χ0v) is 10.1. The first-order valence-corrected chi connectivity index (χ1v) is 5.98. The van der Waals surface area contributed by atoms with Crippen molar-refractivity contribution in [1.29, 1.82) is 0 Å². The van der Waals surface area contributed by atoms with Crippen LogP contribution in [0.1, 0.15) is 26.2 Å². The largest absolute Gasteiger partial charge is 0.492 e. The van der Waals surface area contributed by atoms with Gasteiger partial charge in [0.05, 0.1) is 18.0 Å². The first kappa shape index (κ1) is 11.1. The van der Waals surface area contributed by atoms with Crippen molar-refractivity contribution in [2.75, 3.05) is 24.3 Å². The third kappa shape index (κ3) is 1.94. The van der Waals surface area contributed by atoms with Crippen LogP contribution in [-0.4, -0.2) is 19.7 Å². The van der Waals surface area contributed by atoms with Crippen molar-refractivity contribution >= 4 is 11.4 Å². The summed E-state index contributed by atoms with van der Waals surface area (Å²) in [7, 11) is 2.12. The molecule has 0 atom stereocenters. The quantitative estimate of drug-likeness (QED) is 0.793. The maximum atomic E-state index is 6.12. The van der Waals surface area contributed by atoms with E-state index >= 15 is 0 Å². The Morgan fingerprint density at radius 3 is 2.75 bits per heavy atom. The van der Waals surface area contributed by atoms with Crippen molar-refractivity contribution in [3.8, 4) is 5.75 Å². The van der Waals surface area contributed by atoms with Gasteiger partial charge in [-0.2, -0.15) is 0 Å². The van der Waals surface area contributed by atoms with Crippen molar-refractivity contribution < 1.29 is 4.74 Å². The van der Waals surface area contributed by atoms with Crippen molar-refractivity contribution in [2.45, 2.75) is 32.2 Å². The fourth-order valence-corrected chi connectivity index (χ4v) is 2.09. The number of nitrogen functional groups attached to an aromatic ring is 1. The molecule has 1 saturated carbocycles. The van der Waals surface area contributed by atoms with Crippen LogP contribution < -0.4 is 15.4 Å². The number of hydrogen-bond donors (Lipinski definition) is 1. The van der Waals surface area contributed by atoms with Crippen LogP contribution in [0.15, 0.2) is 18.2 Å². The number of ether oxygens (including phenoxy) is 1. The van der Waals surface area contributed by atoms with Crippen LogP contribution in [0.4, 0.5) is 11.4 Å². The fourth-order valence-electron chi connectivity index (χ4n) is 2.09. The molecule has 1 fully saturated rings. The van der Waals surface area contributed by atoms with E-state index in [4.69, 9.17) is 10.5 Å². The SMILES string of the molecule is CCOc1cccc(N(C)C2CCC2)c1N. The second-order valence-electron chi connectivity index (χ2n) is 4.32. The van der Waals surface area contributed by atoms with Gasteiger partial charge in [-0.05, 0) is 38.3 Å². The molecule has 88 valence electrons. The smallest absolute Gasteiger partial charge is 0.144 e. The normalized spacial score (nSPS) is 15.6. The zero-order chi connectivity index (χ0) is 11.5. The Labute approximate surface area is 97.2 Å². The van der Waals surface area contributed by atoms with Gasteiger partial charge >= 0.3 is 0 Å². The Morgan fingerprint density at radius 1 is 1.44 bits per heavy atom. The Hall–Kier alpha value is -1.38. The third-order valence-corrected chi connectivity index (χ3v) is 3.35. The Balaban J connectivity index is 2.22. The number of rotatable bonds is 4. The van der Waals surface area contributed by atoms with E-state index in [9.17, 15) is 0 Å². The Kier molecular flexibility index (Phi) is 3.22. The predicted molar refractivity (Wildman–Crippen MR) is 68.1 cm³/mol. The van der Waals surface area contributed by atoms with Crippen LogP contribution in [0.25, 0.3) is 0 Å². The van der Waals surface area contributed by atoms with Gasteiger partial charge in [-0.25, -0.2) is 0 Å². The highest BCUT2D eigenvalue weighted by Crippen LogP contribution is 2.36. The number of hydrogen-bond acceptors (Lipinski definition) is 3. The summed E-state index contributed by atoms with van der Waals surface area (Å²) in [5.41, 5.74) is 7.98. The second kappa shape index (κ2) is 4.64. The monoisotopic (exact) mass is 220 g/mol. The molecule has 3 nitrogen and oxygen atoms in total. The second-order valence-corrected chi connectivity index (χ2v) is 4.32. The maximum absolute atomic E-state index is 6.12. The van der Waals surface area contributed by atoms with Gasteiger partial charge in [-0.1, -0.05) is 6.07 Å². The molecule has 0 amide bonds. The molecule has 0 saturated heterocycles. The van der Waals surface area contributed by atoms with Crippen molar-refractivity contribution in [3.05, 3.63) is 18.2 Å². The Morgan fingerprint density at radius 2 is 2.19 bits per heavy atom. The van der Waals surface area contributed by atoms with E-state index in [2.05, 4.69) is 18.0 Å². The summed E-state index contributed by atoms with van der Waals surface area (Å²) in [4.78, 5) is 2.28. The molecule has 0 bridgehead atoms. The van der Waals surface area contributed by atoms with Gasteiger partial charge in [0.2, 0.25) is 0 Å². The molecule has 0 spiro atoms. The van der Waals surface area contributed by atoms with E-state index in [0.29, 0.717) is 12.6 Å². The molecule has 2 N–H and O–H groups in total. The molecule has 0 aromatic heterocycles. The van der Waals surface area contributed by atoms with Gasteiger partial charge in [-0.3, -0.25) is 0 Å². The summed E-state index contributed by atoms with van der Waals surface area (Å²) in [6.07, 6.45) is 3.88. The fraction of sp³-hybridized carbons (Fsp3) is 0.538. The topological polar surface area (TPSA) is 38.5 Å². The molecule has 0 heterocycles. The van der Waals surface area contributed by atoms with Gasteiger partial charge in [-0.15, -0.1) is 0 Å². The number of benzene rings is 1. The summed E-state index contributed by atoms with van der Waals surface area (Å²) in [5, 5.41) is 0. The first-order valence-electron chi connectivity index (χ1n) is 5.98. The highest BCUT2D eigenvalue weighted by atomic mass is 16.5. The predicted octanol–water partition coefficient (Wildman–Crippen LogP) is 2.66. The van der Waals surface area contributed by atoms with Gasteiger partial charge in [0.15, 0.2) is 0 Å². The average Bonchev–Trinajstić information content (AvgIpc) is 2.18.